The van der Waals surface area contributed by atoms with Crippen LogP contribution in [0.2, 0.25) is 0 Å². The minimum atomic E-state index is -0.438. The first-order valence-electron chi connectivity index (χ1n) is 6.80. The van der Waals surface area contributed by atoms with Crippen LogP contribution in [0.4, 0.5) is 0 Å². The third kappa shape index (κ3) is 3.63. The minimum Gasteiger partial charge on any atom is -0.497 e. The van der Waals surface area contributed by atoms with Gasteiger partial charge < -0.3 is 14.4 Å². The molecule has 1 amide bonds. The van der Waals surface area contributed by atoms with Gasteiger partial charge in [-0.2, -0.15) is 0 Å². The molecule has 0 saturated carbocycles. The summed E-state index contributed by atoms with van der Waals surface area (Å²) in [4.78, 5) is 14.1. The molecule has 1 aromatic rings. The van der Waals surface area contributed by atoms with Crippen LogP contribution in [0.5, 0.6) is 11.5 Å². The lowest BCUT2D eigenvalue weighted by Gasteiger charge is -2.29. The van der Waals surface area contributed by atoms with Gasteiger partial charge in [0.25, 0.3) is 5.91 Å². The zero-order chi connectivity index (χ0) is 13.7. The predicted octanol–water partition coefficient (Wildman–Crippen LogP) is 2.48. The van der Waals surface area contributed by atoms with Crippen molar-refractivity contribution in [2.24, 2.45) is 0 Å². The molecule has 0 spiro atoms. The summed E-state index contributed by atoms with van der Waals surface area (Å²) in [7, 11) is 1.62. The number of carbonyl (C=O) groups excluding carboxylic acids is 1. The van der Waals surface area contributed by atoms with Gasteiger partial charge in [0.1, 0.15) is 11.5 Å². The molecule has 1 aliphatic heterocycles. The number of benzene rings is 1. The second kappa shape index (κ2) is 6.45. The highest BCUT2D eigenvalue weighted by atomic mass is 16.5. The van der Waals surface area contributed by atoms with Gasteiger partial charge in [-0.25, -0.2) is 0 Å². The molecule has 4 heteroatoms. The summed E-state index contributed by atoms with van der Waals surface area (Å²) in [5, 5.41) is 0. The maximum absolute atomic E-state index is 12.2. The molecule has 4 nitrogen and oxygen atoms in total. The van der Waals surface area contributed by atoms with Crippen molar-refractivity contribution in [1.82, 2.24) is 4.90 Å². The Morgan fingerprint density at radius 3 is 2.26 bits per heavy atom. The van der Waals surface area contributed by atoms with Gasteiger partial charge in [-0.15, -0.1) is 0 Å². The Labute approximate surface area is 114 Å². The van der Waals surface area contributed by atoms with Crippen LogP contribution in [0, 0.1) is 0 Å². The zero-order valence-electron chi connectivity index (χ0n) is 11.6. The third-order valence-corrected chi connectivity index (χ3v) is 3.39. The van der Waals surface area contributed by atoms with Crippen molar-refractivity contribution in [3.8, 4) is 11.5 Å². The van der Waals surface area contributed by atoms with Crippen LogP contribution in [0.25, 0.3) is 0 Å². The molecule has 1 saturated heterocycles. The van der Waals surface area contributed by atoms with Crippen molar-refractivity contribution in [1.29, 1.82) is 0 Å². The molecule has 1 aliphatic rings. The van der Waals surface area contributed by atoms with Crippen LogP contribution >= 0.6 is 0 Å². The molecule has 0 radical (unpaired) electrons. The summed E-state index contributed by atoms with van der Waals surface area (Å²) in [6, 6.07) is 7.29. The number of piperidine rings is 1. The second-order valence-corrected chi connectivity index (χ2v) is 4.82. The summed E-state index contributed by atoms with van der Waals surface area (Å²) in [5.74, 6) is 1.55. The van der Waals surface area contributed by atoms with E-state index in [2.05, 4.69) is 0 Å². The Morgan fingerprint density at radius 2 is 1.68 bits per heavy atom. The molecule has 0 N–H and O–H groups in total. The molecular weight excluding hydrogens is 242 g/mol. The Bertz CT molecular complexity index is 410. The maximum atomic E-state index is 12.2. The van der Waals surface area contributed by atoms with Crippen LogP contribution in [-0.2, 0) is 4.79 Å². The number of likely N-dealkylation sites (tertiary alicyclic amines) is 1. The van der Waals surface area contributed by atoms with E-state index in [1.807, 2.05) is 29.2 Å². The first-order chi connectivity index (χ1) is 9.20. The smallest absolute Gasteiger partial charge is 0.263 e. The lowest BCUT2D eigenvalue weighted by atomic mass is 10.1. The molecule has 0 aliphatic carbocycles. The van der Waals surface area contributed by atoms with Crippen LogP contribution in [0.3, 0.4) is 0 Å². The summed E-state index contributed by atoms with van der Waals surface area (Å²) < 4.78 is 10.8. The number of rotatable bonds is 4. The Hall–Kier alpha value is -1.71. The first kappa shape index (κ1) is 13.7. The molecule has 104 valence electrons. The molecule has 0 aromatic heterocycles. The van der Waals surface area contributed by atoms with Crippen molar-refractivity contribution >= 4 is 5.91 Å². The highest BCUT2D eigenvalue weighted by molar-refractivity contribution is 5.81. The molecule has 1 fully saturated rings. The lowest BCUT2D eigenvalue weighted by molar-refractivity contribution is -0.138. The van der Waals surface area contributed by atoms with E-state index in [0.717, 1.165) is 31.7 Å². The van der Waals surface area contributed by atoms with Gasteiger partial charge in [0.2, 0.25) is 0 Å². The van der Waals surface area contributed by atoms with E-state index in [0.29, 0.717) is 5.75 Å². The van der Waals surface area contributed by atoms with Gasteiger partial charge in [0, 0.05) is 13.1 Å². The van der Waals surface area contributed by atoms with E-state index in [4.69, 9.17) is 9.47 Å². The number of ether oxygens (including phenoxy) is 2. The number of methoxy groups -OCH3 is 1. The molecule has 1 atom stereocenters. The van der Waals surface area contributed by atoms with E-state index in [-0.39, 0.29) is 5.91 Å². The van der Waals surface area contributed by atoms with Gasteiger partial charge >= 0.3 is 0 Å². The monoisotopic (exact) mass is 263 g/mol. The third-order valence-electron chi connectivity index (χ3n) is 3.39. The van der Waals surface area contributed by atoms with E-state index < -0.39 is 6.10 Å². The van der Waals surface area contributed by atoms with E-state index in [9.17, 15) is 4.79 Å². The molecule has 1 aromatic carbocycles. The van der Waals surface area contributed by atoms with Crippen LogP contribution in [-0.4, -0.2) is 37.1 Å². The summed E-state index contributed by atoms with van der Waals surface area (Å²) in [6.45, 7) is 3.52. The van der Waals surface area contributed by atoms with Crippen molar-refractivity contribution in [2.75, 3.05) is 20.2 Å². The summed E-state index contributed by atoms with van der Waals surface area (Å²) in [6.07, 6.45) is 2.98. The lowest BCUT2D eigenvalue weighted by Crippen LogP contribution is -2.43. The number of hydrogen-bond acceptors (Lipinski definition) is 3. The number of nitrogens with zero attached hydrogens (tertiary/aromatic N) is 1. The quantitative estimate of drug-likeness (QED) is 0.837. The van der Waals surface area contributed by atoms with E-state index in [1.165, 1.54) is 6.42 Å². The topological polar surface area (TPSA) is 38.8 Å². The van der Waals surface area contributed by atoms with Crippen molar-refractivity contribution in [3.63, 3.8) is 0 Å². The van der Waals surface area contributed by atoms with Gasteiger partial charge in [0.05, 0.1) is 7.11 Å². The van der Waals surface area contributed by atoms with Crippen molar-refractivity contribution < 1.29 is 14.3 Å². The van der Waals surface area contributed by atoms with Crippen LogP contribution in [0.1, 0.15) is 26.2 Å². The molecular formula is C15H21NO3. The largest absolute Gasteiger partial charge is 0.497 e. The highest BCUT2D eigenvalue weighted by Gasteiger charge is 2.23. The highest BCUT2D eigenvalue weighted by Crippen LogP contribution is 2.19. The fraction of sp³-hybridized carbons (Fsp3) is 0.533. The Kier molecular flexibility index (Phi) is 4.66. The SMILES string of the molecule is COc1ccc(O[C@H](C)C(=O)N2CCCCC2)cc1. The van der Waals surface area contributed by atoms with Crippen molar-refractivity contribution in [2.45, 2.75) is 32.3 Å². The van der Waals surface area contributed by atoms with Gasteiger partial charge in [-0.1, -0.05) is 0 Å². The molecule has 0 bridgehead atoms. The molecule has 1 heterocycles. The average molecular weight is 263 g/mol. The first-order valence-corrected chi connectivity index (χ1v) is 6.80. The fourth-order valence-corrected chi connectivity index (χ4v) is 2.28. The summed E-state index contributed by atoms with van der Waals surface area (Å²) >= 11 is 0. The number of carbonyl (C=O) groups is 1. The van der Waals surface area contributed by atoms with Gasteiger partial charge in [0.15, 0.2) is 6.10 Å². The van der Waals surface area contributed by atoms with Crippen LogP contribution < -0.4 is 9.47 Å². The van der Waals surface area contributed by atoms with Crippen molar-refractivity contribution in [3.05, 3.63) is 24.3 Å². The minimum absolute atomic E-state index is 0.0792. The van der Waals surface area contributed by atoms with E-state index in [1.54, 1.807) is 14.0 Å². The molecule has 19 heavy (non-hydrogen) atoms. The maximum Gasteiger partial charge on any atom is 0.263 e. The Morgan fingerprint density at radius 1 is 1.11 bits per heavy atom. The number of amides is 1. The zero-order valence-corrected chi connectivity index (χ0v) is 11.6. The van der Waals surface area contributed by atoms with Gasteiger partial charge in [-0.3, -0.25) is 4.79 Å². The van der Waals surface area contributed by atoms with E-state index >= 15 is 0 Å². The number of hydrogen-bond donors (Lipinski definition) is 0. The van der Waals surface area contributed by atoms with Gasteiger partial charge in [-0.05, 0) is 50.5 Å². The predicted molar refractivity (Wildman–Crippen MR) is 73.5 cm³/mol. The molecule has 2 rings (SSSR count). The average Bonchev–Trinajstić information content (AvgIpc) is 2.48. The Balaban J connectivity index is 1.91. The standard InChI is InChI=1S/C15H21NO3/c1-12(15(17)16-10-4-3-5-11-16)19-14-8-6-13(18-2)7-9-14/h6-9,12H,3-5,10-11H2,1-2H3/t12-/m1/s1. The normalized spacial score (nSPS) is 16.8. The summed E-state index contributed by atoms with van der Waals surface area (Å²) in [5.41, 5.74) is 0. The fourth-order valence-electron chi connectivity index (χ4n) is 2.28. The van der Waals surface area contributed by atoms with Crippen LogP contribution in [0.15, 0.2) is 24.3 Å². The molecule has 0 unspecified atom stereocenters. The second-order valence-electron chi connectivity index (χ2n) is 4.82.